The van der Waals surface area contributed by atoms with E-state index in [1.165, 1.54) is 6.08 Å². The van der Waals surface area contributed by atoms with Crippen molar-refractivity contribution in [3.05, 3.63) is 42.0 Å². The van der Waals surface area contributed by atoms with Crippen LogP contribution in [-0.4, -0.2) is 33.9 Å². The van der Waals surface area contributed by atoms with Gasteiger partial charge in [0, 0.05) is 0 Å². The normalized spacial score (nSPS) is 14.2. The summed E-state index contributed by atoms with van der Waals surface area (Å²) in [6.07, 6.45) is 1.46. The molecule has 5 heteroatoms. The van der Waals surface area contributed by atoms with Crippen molar-refractivity contribution < 1.29 is 24.5 Å². The number of rotatable bonds is 6. The van der Waals surface area contributed by atoms with Gasteiger partial charge >= 0.3 is 11.9 Å². The average Bonchev–Trinajstić information content (AvgIpc) is 2.36. The molecule has 0 bridgehead atoms. The molecule has 20 heavy (non-hydrogen) atoms. The number of hydrogen-bond donors (Lipinski definition) is 2. The summed E-state index contributed by atoms with van der Waals surface area (Å²) in [5.41, 5.74) is -1.43. The number of aliphatic hydroxyl groups is 1. The van der Waals surface area contributed by atoms with E-state index in [-0.39, 0.29) is 0 Å². The smallest absolute Gasteiger partial charge is 0.343 e. The molecule has 1 aromatic carbocycles. The van der Waals surface area contributed by atoms with Gasteiger partial charge in [0.25, 0.3) is 0 Å². The number of carboxylic acid groups (broad SMARTS) is 1. The van der Waals surface area contributed by atoms with Crippen LogP contribution in [0.5, 0.6) is 0 Å². The highest BCUT2D eigenvalue weighted by Gasteiger charge is 2.38. The molecule has 0 amide bonds. The quantitative estimate of drug-likeness (QED) is 0.776. The molecule has 0 aromatic heterocycles. The molecule has 1 rings (SSSR count). The zero-order valence-electron chi connectivity index (χ0n) is 11.4. The molecule has 2 N–H and O–H groups in total. The third-order valence-electron chi connectivity index (χ3n) is 2.47. The number of aliphatic carboxylic acids is 1. The number of carboxylic acids is 1. The van der Waals surface area contributed by atoms with Gasteiger partial charge in [0.05, 0.1) is 12.5 Å². The van der Waals surface area contributed by atoms with Crippen molar-refractivity contribution in [2.24, 2.45) is 0 Å². The Morgan fingerprint density at radius 3 is 2.40 bits per heavy atom. The van der Waals surface area contributed by atoms with E-state index in [0.717, 1.165) is 11.6 Å². The molecule has 1 atom stereocenters. The zero-order valence-corrected chi connectivity index (χ0v) is 11.4. The number of esters is 1. The first-order valence-corrected chi connectivity index (χ1v) is 6.23. The number of carbonyl (C=O) groups is 2. The van der Waals surface area contributed by atoms with Crippen molar-refractivity contribution in [1.29, 1.82) is 0 Å². The van der Waals surface area contributed by atoms with E-state index in [0.29, 0.717) is 0 Å². The van der Waals surface area contributed by atoms with E-state index in [2.05, 4.69) is 0 Å². The van der Waals surface area contributed by atoms with Crippen molar-refractivity contribution in [3.63, 3.8) is 0 Å². The van der Waals surface area contributed by atoms with Crippen LogP contribution in [0.25, 0.3) is 6.08 Å². The summed E-state index contributed by atoms with van der Waals surface area (Å²) in [7, 11) is 0. The van der Waals surface area contributed by atoms with Gasteiger partial charge in [0.15, 0.2) is 5.60 Å². The maximum absolute atomic E-state index is 11.8. The van der Waals surface area contributed by atoms with Gasteiger partial charge in [-0.05, 0) is 25.5 Å². The zero-order chi connectivity index (χ0) is 15.2. The maximum Gasteiger partial charge on any atom is 0.343 e. The van der Waals surface area contributed by atoms with Gasteiger partial charge in [-0.15, -0.1) is 0 Å². The minimum absolute atomic E-state index is 0.437. The number of carbonyl (C=O) groups excluding carboxylic acids is 1. The summed E-state index contributed by atoms with van der Waals surface area (Å²) in [5, 5.41) is 19.0. The van der Waals surface area contributed by atoms with Crippen LogP contribution in [0.15, 0.2) is 36.4 Å². The second-order valence-corrected chi connectivity index (χ2v) is 4.69. The Morgan fingerprint density at radius 1 is 1.30 bits per heavy atom. The van der Waals surface area contributed by atoms with Crippen molar-refractivity contribution in [2.75, 3.05) is 0 Å². The summed E-state index contributed by atoms with van der Waals surface area (Å²) in [4.78, 5) is 22.7. The van der Waals surface area contributed by atoms with Crippen molar-refractivity contribution >= 4 is 18.0 Å². The van der Waals surface area contributed by atoms with Gasteiger partial charge in [-0.25, -0.2) is 4.79 Å². The summed E-state index contributed by atoms with van der Waals surface area (Å²) < 4.78 is 4.90. The Balaban J connectivity index is 2.96. The van der Waals surface area contributed by atoms with Gasteiger partial charge in [0.1, 0.15) is 0 Å². The highest BCUT2D eigenvalue weighted by atomic mass is 16.6. The number of ether oxygens (including phenoxy) is 1. The molecule has 0 saturated carbocycles. The van der Waals surface area contributed by atoms with E-state index in [4.69, 9.17) is 9.84 Å². The van der Waals surface area contributed by atoms with E-state index in [1.807, 2.05) is 6.07 Å². The van der Waals surface area contributed by atoms with Crippen molar-refractivity contribution in [2.45, 2.75) is 32.0 Å². The summed E-state index contributed by atoms with van der Waals surface area (Å²) >= 11 is 0. The number of hydrogen-bond acceptors (Lipinski definition) is 4. The molecule has 0 aliphatic carbocycles. The molecule has 0 radical (unpaired) electrons. The minimum Gasteiger partial charge on any atom is -0.481 e. The second-order valence-electron chi connectivity index (χ2n) is 4.69. The standard InChI is InChI=1S/C15H18O5/c1-11(2)20-14(18)15(19,10-13(16)17)9-8-12-6-4-3-5-7-12/h3-9,11,19H,10H2,1-2H3,(H,16,17)/b9-8+. The van der Waals surface area contributed by atoms with Crippen molar-refractivity contribution in [3.8, 4) is 0 Å². The molecule has 0 fully saturated rings. The van der Waals surface area contributed by atoms with Crippen LogP contribution in [0, 0.1) is 0 Å². The van der Waals surface area contributed by atoms with Crippen molar-refractivity contribution in [1.82, 2.24) is 0 Å². The van der Waals surface area contributed by atoms with E-state index >= 15 is 0 Å². The molecular formula is C15H18O5. The predicted octanol–water partition coefficient (Wildman–Crippen LogP) is 1.86. The fraction of sp³-hybridized carbons (Fsp3) is 0.333. The lowest BCUT2D eigenvalue weighted by atomic mass is 9.98. The molecule has 1 unspecified atom stereocenters. The number of benzene rings is 1. The highest BCUT2D eigenvalue weighted by molar-refractivity contribution is 5.88. The van der Waals surface area contributed by atoms with Crippen LogP contribution < -0.4 is 0 Å². The average molecular weight is 278 g/mol. The molecule has 0 aliphatic rings. The van der Waals surface area contributed by atoms with Crippen LogP contribution in [0.2, 0.25) is 0 Å². The van der Waals surface area contributed by atoms with Gasteiger partial charge < -0.3 is 14.9 Å². The van der Waals surface area contributed by atoms with Crippen LogP contribution in [0.1, 0.15) is 25.8 Å². The molecular weight excluding hydrogens is 260 g/mol. The van der Waals surface area contributed by atoms with Gasteiger partial charge in [-0.3, -0.25) is 4.79 Å². The lowest BCUT2D eigenvalue weighted by Crippen LogP contribution is -2.41. The predicted molar refractivity (Wildman–Crippen MR) is 73.9 cm³/mol. The summed E-state index contributed by atoms with van der Waals surface area (Å²) in [6.45, 7) is 3.25. The third kappa shape index (κ3) is 4.85. The Hall–Kier alpha value is -2.14. The Kier molecular flexibility index (Phi) is 5.46. The SMILES string of the molecule is CC(C)OC(=O)C(O)(/C=C/c1ccccc1)CC(=O)O. The highest BCUT2D eigenvalue weighted by Crippen LogP contribution is 2.18. The fourth-order valence-electron chi connectivity index (χ4n) is 1.54. The monoisotopic (exact) mass is 278 g/mol. The lowest BCUT2D eigenvalue weighted by molar-refractivity contribution is -0.169. The van der Waals surface area contributed by atoms with Crippen LogP contribution in [0.4, 0.5) is 0 Å². The van der Waals surface area contributed by atoms with Crippen LogP contribution in [0.3, 0.4) is 0 Å². The molecule has 0 aliphatic heterocycles. The second kappa shape index (κ2) is 6.86. The van der Waals surface area contributed by atoms with E-state index < -0.39 is 30.1 Å². The third-order valence-corrected chi connectivity index (χ3v) is 2.47. The first-order valence-electron chi connectivity index (χ1n) is 6.23. The van der Waals surface area contributed by atoms with Gasteiger partial charge in [-0.1, -0.05) is 36.4 Å². The molecule has 1 aromatic rings. The van der Waals surface area contributed by atoms with E-state index in [1.54, 1.807) is 38.1 Å². The molecule has 108 valence electrons. The minimum atomic E-state index is -2.17. The topological polar surface area (TPSA) is 83.8 Å². The largest absolute Gasteiger partial charge is 0.481 e. The Morgan fingerprint density at radius 2 is 1.90 bits per heavy atom. The fourth-order valence-corrected chi connectivity index (χ4v) is 1.54. The Bertz CT molecular complexity index is 492. The van der Waals surface area contributed by atoms with Gasteiger partial charge in [-0.2, -0.15) is 0 Å². The maximum atomic E-state index is 11.8. The molecule has 5 nitrogen and oxygen atoms in total. The van der Waals surface area contributed by atoms with E-state index in [9.17, 15) is 14.7 Å². The molecule has 0 heterocycles. The van der Waals surface area contributed by atoms with Crippen LogP contribution >= 0.6 is 0 Å². The van der Waals surface area contributed by atoms with Crippen LogP contribution in [-0.2, 0) is 14.3 Å². The summed E-state index contributed by atoms with van der Waals surface area (Å²) in [6, 6.07) is 8.95. The molecule has 0 spiro atoms. The first kappa shape index (κ1) is 15.9. The lowest BCUT2D eigenvalue weighted by Gasteiger charge is -2.22. The molecule has 0 saturated heterocycles. The Labute approximate surface area is 117 Å². The first-order chi connectivity index (χ1) is 9.33. The van der Waals surface area contributed by atoms with Gasteiger partial charge in [0.2, 0.25) is 0 Å². The summed E-state index contributed by atoms with van der Waals surface area (Å²) in [5.74, 6) is -2.26.